The van der Waals surface area contributed by atoms with E-state index >= 15 is 0 Å². The quantitative estimate of drug-likeness (QED) is 0.738. The van der Waals surface area contributed by atoms with Gasteiger partial charge in [-0.1, -0.05) is 30.3 Å². The van der Waals surface area contributed by atoms with Gasteiger partial charge in [-0.15, -0.1) is 0 Å². The first-order valence-corrected chi connectivity index (χ1v) is 9.21. The first kappa shape index (κ1) is 20.3. The molecule has 2 aromatic rings. The fraction of sp³-hybridized carbons (Fsp3) is 0.294. The molecule has 0 radical (unpaired) electrons. The molecule has 2 rings (SSSR count). The monoisotopic (exact) mass is 390 g/mol. The van der Waals surface area contributed by atoms with Crippen molar-refractivity contribution in [3.8, 4) is 0 Å². The summed E-state index contributed by atoms with van der Waals surface area (Å²) in [4.78, 5) is -0.532. The van der Waals surface area contributed by atoms with Gasteiger partial charge in [0, 0.05) is 13.1 Å². The first-order valence-electron chi connectivity index (χ1n) is 7.77. The Kier molecular flexibility index (Phi) is 6.38. The van der Waals surface area contributed by atoms with E-state index in [9.17, 15) is 26.0 Å². The van der Waals surface area contributed by atoms with Crippen LogP contribution in [0.25, 0.3) is 0 Å². The fourth-order valence-corrected chi connectivity index (χ4v) is 3.85. The van der Waals surface area contributed by atoms with E-state index in [1.807, 2.05) is 0 Å². The van der Waals surface area contributed by atoms with Crippen LogP contribution >= 0.6 is 0 Å². The van der Waals surface area contributed by atoms with Crippen molar-refractivity contribution in [1.82, 2.24) is 4.31 Å². The molecule has 0 aliphatic heterocycles. The Bertz CT molecular complexity index is 840. The lowest BCUT2D eigenvalue weighted by Crippen LogP contribution is -2.32. The molecule has 0 saturated heterocycles. The average molecular weight is 390 g/mol. The van der Waals surface area contributed by atoms with E-state index in [1.165, 1.54) is 0 Å². The summed E-state index contributed by atoms with van der Waals surface area (Å²) in [5, 5.41) is 0. The highest BCUT2D eigenvalue weighted by Gasteiger charge is 2.35. The van der Waals surface area contributed by atoms with Gasteiger partial charge in [0.15, 0.2) is 0 Å². The Morgan fingerprint density at radius 1 is 1.04 bits per heavy atom. The van der Waals surface area contributed by atoms with Crippen LogP contribution in [0, 0.1) is 5.82 Å². The number of hydrogen-bond donors (Lipinski definition) is 1. The van der Waals surface area contributed by atoms with Crippen LogP contribution in [0.1, 0.15) is 17.5 Å². The Balaban J connectivity index is 2.38. The highest BCUT2D eigenvalue weighted by molar-refractivity contribution is 7.89. The largest absolute Gasteiger partial charge is 0.419 e. The zero-order valence-electron chi connectivity index (χ0n) is 13.7. The molecule has 9 heteroatoms. The molecular weight excluding hydrogens is 372 g/mol. The predicted molar refractivity (Wildman–Crippen MR) is 89.1 cm³/mol. The van der Waals surface area contributed by atoms with Crippen molar-refractivity contribution in [3.05, 3.63) is 65.5 Å². The van der Waals surface area contributed by atoms with E-state index in [1.54, 1.807) is 30.3 Å². The van der Waals surface area contributed by atoms with Gasteiger partial charge in [0.05, 0.1) is 10.5 Å². The van der Waals surface area contributed by atoms with Crippen LogP contribution in [0.5, 0.6) is 0 Å². The van der Waals surface area contributed by atoms with E-state index in [2.05, 4.69) is 0 Å². The predicted octanol–water partition coefficient (Wildman–Crippen LogP) is 3.38. The number of alkyl halides is 3. The Morgan fingerprint density at radius 3 is 2.23 bits per heavy atom. The topological polar surface area (TPSA) is 63.4 Å². The standard InChI is InChI=1S/C17H18F4N2O2S/c18-16-11-14(7-8-15(16)17(19,20)21)26(24,25)23(10-4-9-22)12-13-5-2-1-3-6-13/h1-3,5-8,11H,4,9-10,12,22H2. The van der Waals surface area contributed by atoms with E-state index < -0.39 is 32.5 Å². The third kappa shape index (κ3) is 4.80. The van der Waals surface area contributed by atoms with Crippen LogP contribution in [0.2, 0.25) is 0 Å². The van der Waals surface area contributed by atoms with Gasteiger partial charge in [0.25, 0.3) is 0 Å². The first-order chi connectivity index (χ1) is 12.2. The summed E-state index contributed by atoms with van der Waals surface area (Å²) in [6.45, 7) is 0.310. The van der Waals surface area contributed by atoms with Gasteiger partial charge in [-0.25, -0.2) is 12.8 Å². The van der Waals surface area contributed by atoms with E-state index in [4.69, 9.17) is 5.73 Å². The van der Waals surface area contributed by atoms with Gasteiger partial charge in [-0.3, -0.25) is 0 Å². The van der Waals surface area contributed by atoms with Crippen molar-refractivity contribution < 1.29 is 26.0 Å². The number of nitrogens with two attached hydrogens (primary N) is 1. The van der Waals surface area contributed by atoms with E-state index in [0.717, 1.165) is 10.4 Å². The lowest BCUT2D eigenvalue weighted by molar-refractivity contribution is -0.140. The van der Waals surface area contributed by atoms with Crippen molar-refractivity contribution in [3.63, 3.8) is 0 Å². The van der Waals surface area contributed by atoms with Crippen molar-refractivity contribution in [2.24, 2.45) is 5.73 Å². The molecule has 0 unspecified atom stereocenters. The molecule has 0 aromatic heterocycles. The van der Waals surface area contributed by atoms with E-state index in [-0.39, 0.29) is 19.6 Å². The second-order valence-electron chi connectivity index (χ2n) is 5.61. The SMILES string of the molecule is NCCCN(Cc1ccccc1)S(=O)(=O)c1ccc(C(F)(F)F)c(F)c1. The van der Waals surface area contributed by atoms with Gasteiger partial charge in [-0.2, -0.15) is 17.5 Å². The molecule has 4 nitrogen and oxygen atoms in total. The molecule has 0 spiro atoms. The van der Waals surface area contributed by atoms with Crippen molar-refractivity contribution in [2.75, 3.05) is 13.1 Å². The molecule has 0 aliphatic rings. The van der Waals surface area contributed by atoms with Gasteiger partial charge in [-0.05, 0) is 36.7 Å². The second-order valence-corrected chi connectivity index (χ2v) is 7.54. The summed E-state index contributed by atoms with van der Waals surface area (Å²) in [5.41, 5.74) is 4.63. The average Bonchev–Trinajstić information content (AvgIpc) is 2.58. The minimum absolute atomic E-state index is 0.00577. The molecule has 0 aliphatic carbocycles. The van der Waals surface area contributed by atoms with E-state index in [0.29, 0.717) is 24.1 Å². The summed E-state index contributed by atoms with van der Waals surface area (Å²) >= 11 is 0. The lowest BCUT2D eigenvalue weighted by atomic mass is 10.2. The second kappa shape index (κ2) is 8.15. The number of nitrogens with zero attached hydrogens (tertiary/aromatic N) is 1. The van der Waals surface area contributed by atoms with Gasteiger partial charge in [0.2, 0.25) is 10.0 Å². The van der Waals surface area contributed by atoms with Gasteiger partial charge >= 0.3 is 6.18 Å². The fourth-order valence-electron chi connectivity index (χ4n) is 2.37. The molecule has 0 saturated carbocycles. The molecular formula is C17H18F4N2O2S. The molecule has 0 amide bonds. The summed E-state index contributed by atoms with van der Waals surface area (Å²) in [6.07, 6.45) is -4.54. The number of rotatable bonds is 7. The Labute approximate surface area is 149 Å². The minimum Gasteiger partial charge on any atom is -0.330 e. The third-order valence-electron chi connectivity index (χ3n) is 3.70. The number of sulfonamides is 1. The van der Waals surface area contributed by atoms with Crippen LogP contribution < -0.4 is 5.73 Å². The molecule has 0 bridgehead atoms. The van der Waals surface area contributed by atoms with Crippen LogP contribution in [-0.2, 0) is 22.7 Å². The van der Waals surface area contributed by atoms with Gasteiger partial charge < -0.3 is 5.73 Å². The number of benzene rings is 2. The molecule has 0 fully saturated rings. The summed E-state index contributed by atoms with van der Waals surface area (Å²) in [6, 6.07) is 10.3. The zero-order valence-corrected chi connectivity index (χ0v) is 14.5. The van der Waals surface area contributed by atoms with Crippen LogP contribution in [0.4, 0.5) is 17.6 Å². The number of halogens is 4. The van der Waals surface area contributed by atoms with Crippen LogP contribution in [0.3, 0.4) is 0 Å². The maximum Gasteiger partial charge on any atom is 0.419 e. The van der Waals surface area contributed by atoms with Crippen LogP contribution in [-0.4, -0.2) is 25.8 Å². The molecule has 26 heavy (non-hydrogen) atoms. The van der Waals surface area contributed by atoms with Gasteiger partial charge in [0.1, 0.15) is 5.82 Å². The third-order valence-corrected chi connectivity index (χ3v) is 5.54. The smallest absolute Gasteiger partial charge is 0.330 e. The number of hydrogen-bond acceptors (Lipinski definition) is 3. The maximum absolute atomic E-state index is 13.8. The van der Waals surface area contributed by atoms with Crippen LogP contribution in [0.15, 0.2) is 53.4 Å². The Hall–Kier alpha value is -1.97. The van der Waals surface area contributed by atoms with Crippen molar-refractivity contribution in [1.29, 1.82) is 0 Å². The normalized spacial score (nSPS) is 12.5. The summed E-state index contributed by atoms with van der Waals surface area (Å²) in [5.74, 6) is -1.63. The lowest BCUT2D eigenvalue weighted by Gasteiger charge is -2.22. The molecule has 142 valence electrons. The zero-order chi connectivity index (χ0) is 19.4. The highest BCUT2D eigenvalue weighted by atomic mass is 32.2. The summed E-state index contributed by atoms with van der Waals surface area (Å²) in [7, 11) is -4.19. The minimum atomic E-state index is -4.89. The van der Waals surface area contributed by atoms with Crippen molar-refractivity contribution in [2.45, 2.75) is 24.0 Å². The summed E-state index contributed by atoms with van der Waals surface area (Å²) < 4.78 is 78.5. The molecule has 0 atom stereocenters. The Morgan fingerprint density at radius 2 is 1.69 bits per heavy atom. The van der Waals surface area contributed by atoms with Crippen molar-refractivity contribution >= 4 is 10.0 Å². The molecule has 2 aromatic carbocycles. The molecule has 0 heterocycles. The molecule has 2 N–H and O–H groups in total. The highest BCUT2D eigenvalue weighted by Crippen LogP contribution is 2.32. The maximum atomic E-state index is 13.8.